The van der Waals surface area contributed by atoms with Crippen LogP contribution in [0.2, 0.25) is 0 Å². The Kier molecular flexibility index (Phi) is 3.74. The lowest BCUT2D eigenvalue weighted by Gasteiger charge is -2.48. The molecule has 3 nitrogen and oxygen atoms in total. The van der Waals surface area contributed by atoms with Crippen LogP contribution in [0.25, 0.3) is 0 Å². The van der Waals surface area contributed by atoms with Crippen molar-refractivity contribution >= 4 is 11.5 Å². The van der Waals surface area contributed by atoms with Crippen molar-refractivity contribution in [2.45, 2.75) is 44.6 Å². The highest BCUT2D eigenvalue weighted by Crippen LogP contribution is 2.41. The van der Waals surface area contributed by atoms with Crippen molar-refractivity contribution < 1.29 is 14.3 Å². The first-order chi connectivity index (χ1) is 10.0. The number of benzene rings is 1. The van der Waals surface area contributed by atoms with Gasteiger partial charge in [0.25, 0.3) is 0 Å². The van der Waals surface area contributed by atoms with Crippen LogP contribution in [0.3, 0.4) is 0 Å². The second-order valence-electron chi connectivity index (χ2n) is 6.43. The summed E-state index contributed by atoms with van der Waals surface area (Å²) in [5.74, 6) is -0.280. The van der Waals surface area contributed by atoms with Crippen molar-refractivity contribution in [2.24, 2.45) is 5.92 Å². The highest BCUT2D eigenvalue weighted by atomic mass is 19.1. The molecule has 0 bridgehead atoms. The zero-order valence-electron chi connectivity index (χ0n) is 12.4. The van der Waals surface area contributed by atoms with Crippen LogP contribution in [0.15, 0.2) is 18.2 Å². The molecule has 0 radical (unpaired) electrons. The van der Waals surface area contributed by atoms with Crippen LogP contribution in [0.1, 0.15) is 49.4 Å². The van der Waals surface area contributed by atoms with Gasteiger partial charge in [-0.15, -0.1) is 0 Å². The van der Waals surface area contributed by atoms with Crippen molar-refractivity contribution in [2.75, 3.05) is 18.0 Å². The van der Waals surface area contributed by atoms with Crippen molar-refractivity contribution in [3.05, 3.63) is 29.6 Å². The third kappa shape index (κ3) is 2.57. The normalized spacial score (nSPS) is 29.1. The number of nitrogens with zero attached hydrogens (tertiary/aromatic N) is 1. The first-order valence-corrected chi connectivity index (χ1v) is 7.78. The summed E-state index contributed by atoms with van der Waals surface area (Å²) in [7, 11) is 0. The SMILES string of the molecule is CC(=O)c1cccc(F)c1N1CCC2(O)CCCCC2C1. The molecule has 1 aromatic rings. The molecule has 1 saturated carbocycles. The predicted molar refractivity (Wildman–Crippen MR) is 80.1 cm³/mol. The van der Waals surface area contributed by atoms with Gasteiger partial charge in [-0.3, -0.25) is 4.79 Å². The molecule has 0 aromatic heterocycles. The molecule has 1 N–H and O–H groups in total. The van der Waals surface area contributed by atoms with Crippen molar-refractivity contribution in [3.63, 3.8) is 0 Å². The number of rotatable bonds is 2. The lowest BCUT2D eigenvalue weighted by molar-refractivity contribution is -0.0613. The van der Waals surface area contributed by atoms with E-state index in [0.29, 0.717) is 30.8 Å². The molecule has 1 aliphatic heterocycles. The Morgan fingerprint density at radius 1 is 1.38 bits per heavy atom. The molecule has 3 rings (SSSR count). The summed E-state index contributed by atoms with van der Waals surface area (Å²) in [6, 6.07) is 4.67. The fourth-order valence-electron chi connectivity index (χ4n) is 3.89. The molecule has 1 saturated heterocycles. The summed E-state index contributed by atoms with van der Waals surface area (Å²) in [5.41, 5.74) is 0.269. The van der Waals surface area contributed by atoms with E-state index >= 15 is 0 Å². The van der Waals surface area contributed by atoms with Gasteiger partial charge >= 0.3 is 0 Å². The maximum Gasteiger partial charge on any atom is 0.161 e. The molecule has 2 aliphatic rings. The van der Waals surface area contributed by atoms with Gasteiger partial charge in [-0.1, -0.05) is 18.9 Å². The van der Waals surface area contributed by atoms with Crippen LogP contribution in [0, 0.1) is 11.7 Å². The maximum atomic E-state index is 14.3. The zero-order chi connectivity index (χ0) is 15.0. The van der Waals surface area contributed by atoms with Crippen molar-refractivity contribution in [3.8, 4) is 0 Å². The first-order valence-electron chi connectivity index (χ1n) is 7.78. The van der Waals surface area contributed by atoms with E-state index in [2.05, 4.69) is 0 Å². The Morgan fingerprint density at radius 2 is 2.19 bits per heavy atom. The highest BCUT2D eigenvalue weighted by Gasteiger charge is 2.43. The molecule has 0 spiro atoms. The number of hydrogen-bond donors (Lipinski definition) is 1. The van der Waals surface area contributed by atoms with Crippen LogP contribution in [-0.2, 0) is 0 Å². The van der Waals surface area contributed by atoms with Crippen LogP contribution in [-0.4, -0.2) is 29.6 Å². The number of anilines is 1. The van der Waals surface area contributed by atoms with Crippen molar-refractivity contribution in [1.29, 1.82) is 0 Å². The third-order valence-electron chi connectivity index (χ3n) is 5.11. The van der Waals surface area contributed by atoms with Crippen LogP contribution in [0.4, 0.5) is 10.1 Å². The lowest BCUT2D eigenvalue weighted by atomic mass is 9.71. The molecule has 4 heteroatoms. The van der Waals surface area contributed by atoms with E-state index in [0.717, 1.165) is 25.7 Å². The van der Waals surface area contributed by atoms with Gasteiger partial charge in [-0.05, 0) is 38.3 Å². The van der Waals surface area contributed by atoms with Gasteiger partial charge in [0.1, 0.15) is 5.82 Å². The Balaban J connectivity index is 1.91. The molecule has 1 heterocycles. The molecule has 1 aliphatic carbocycles. The number of halogens is 1. The Morgan fingerprint density at radius 3 is 2.95 bits per heavy atom. The zero-order valence-corrected chi connectivity index (χ0v) is 12.4. The van der Waals surface area contributed by atoms with Crippen molar-refractivity contribution in [1.82, 2.24) is 0 Å². The number of Topliss-reactive ketones (excluding diaryl/α,β-unsaturated/α-hetero) is 1. The molecule has 2 unspecified atom stereocenters. The van der Waals surface area contributed by atoms with Gasteiger partial charge < -0.3 is 10.0 Å². The monoisotopic (exact) mass is 291 g/mol. The first kappa shape index (κ1) is 14.5. The number of aliphatic hydroxyl groups is 1. The van der Waals surface area contributed by atoms with Crippen LogP contribution < -0.4 is 4.90 Å². The average molecular weight is 291 g/mol. The van der Waals surface area contributed by atoms with Gasteiger partial charge in [0, 0.05) is 24.6 Å². The number of para-hydroxylation sites is 1. The molecule has 114 valence electrons. The van der Waals surface area contributed by atoms with E-state index in [1.54, 1.807) is 12.1 Å². The molecule has 1 aromatic carbocycles. The Bertz CT molecular complexity index is 560. The fraction of sp³-hybridized carbons (Fsp3) is 0.588. The largest absolute Gasteiger partial charge is 0.389 e. The topological polar surface area (TPSA) is 40.5 Å². The van der Waals surface area contributed by atoms with E-state index in [4.69, 9.17) is 0 Å². The molecule has 0 amide bonds. The lowest BCUT2D eigenvalue weighted by Crippen LogP contribution is -2.53. The number of ketones is 1. The van der Waals surface area contributed by atoms with E-state index < -0.39 is 5.60 Å². The Labute approximate surface area is 124 Å². The minimum absolute atomic E-state index is 0.117. The van der Waals surface area contributed by atoms with Crippen LogP contribution >= 0.6 is 0 Å². The predicted octanol–water partition coefficient (Wildman–Crippen LogP) is 3.16. The molecule has 2 fully saturated rings. The summed E-state index contributed by atoms with van der Waals surface area (Å²) >= 11 is 0. The summed E-state index contributed by atoms with van der Waals surface area (Å²) < 4.78 is 14.3. The van der Waals surface area contributed by atoms with Gasteiger partial charge in [0.05, 0.1) is 11.3 Å². The summed E-state index contributed by atoms with van der Waals surface area (Å²) in [5, 5.41) is 10.7. The average Bonchev–Trinajstić information content (AvgIpc) is 2.46. The fourth-order valence-corrected chi connectivity index (χ4v) is 3.89. The second kappa shape index (κ2) is 5.41. The van der Waals surface area contributed by atoms with E-state index in [1.807, 2.05) is 4.90 Å². The molecule has 21 heavy (non-hydrogen) atoms. The van der Waals surface area contributed by atoms with E-state index in [1.165, 1.54) is 13.0 Å². The van der Waals surface area contributed by atoms with E-state index in [-0.39, 0.29) is 17.5 Å². The standard InChI is InChI=1S/C17H22FNO2/c1-12(20)14-6-4-7-15(18)16(14)19-10-9-17(21)8-3-2-5-13(17)11-19/h4,6-7,13,21H,2-3,5,8-11H2,1H3. The summed E-state index contributed by atoms with van der Waals surface area (Å²) in [6.45, 7) is 2.71. The second-order valence-corrected chi connectivity index (χ2v) is 6.43. The minimum Gasteiger partial charge on any atom is -0.389 e. The van der Waals surface area contributed by atoms with Gasteiger partial charge in [-0.25, -0.2) is 4.39 Å². The van der Waals surface area contributed by atoms with Gasteiger partial charge in [0.2, 0.25) is 0 Å². The third-order valence-corrected chi connectivity index (χ3v) is 5.11. The van der Waals surface area contributed by atoms with Gasteiger partial charge in [-0.2, -0.15) is 0 Å². The number of hydrogen-bond acceptors (Lipinski definition) is 3. The highest BCUT2D eigenvalue weighted by molar-refractivity contribution is 5.99. The Hall–Kier alpha value is -1.42. The van der Waals surface area contributed by atoms with Crippen LogP contribution in [0.5, 0.6) is 0 Å². The molecule has 2 atom stereocenters. The minimum atomic E-state index is -0.587. The smallest absolute Gasteiger partial charge is 0.161 e. The quantitative estimate of drug-likeness (QED) is 0.851. The molecular formula is C17H22FNO2. The number of fused-ring (bicyclic) bond motifs is 1. The summed E-state index contributed by atoms with van der Waals surface area (Å²) in [4.78, 5) is 13.7. The summed E-state index contributed by atoms with van der Waals surface area (Å²) in [6.07, 6.45) is 4.69. The maximum absolute atomic E-state index is 14.3. The number of carbonyl (C=O) groups excluding carboxylic acids is 1. The number of piperidine rings is 1. The van der Waals surface area contributed by atoms with E-state index in [9.17, 15) is 14.3 Å². The molecular weight excluding hydrogens is 269 g/mol. The van der Waals surface area contributed by atoms with Gasteiger partial charge in [0.15, 0.2) is 5.78 Å². The number of carbonyl (C=O) groups is 1.